The van der Waals surface area contributed by atoms with Gasteiger partial charge >= 0.3 is 0 Å². The van der Waals surface area contributed by atoms with Gasteiger partial charge in [-0.15, -0.1) is 0 Å². The van der Waals surface area contributed by atoms with Gasteiger partial charge in [-0.2, -0.15) is 11.3 Å². The third-order valence-corrected chi connectivity index (χ3v) is 4.15. The van der Waals surface area contributed by atoms with E-state index in [1.165, 1.54) is 11.1 Å². The van der Waals surface area contributed by atoms with Crippen molar-refractivity contribution in [1.82, 2.24) is 4.90 Å². The van der Waals surface area contributed by atoms with Crippen molar-refractivity contribution >= 4 is 17.2 Å². The van der Waals surface area contributed by atoms with Crippen molar-refractivity contribution in [2.45, 2.75) is 19.4 Å². The van der Waals surface area contributed by atoms with Crippen LogP contribution < -0.4 is 0 Å². The number of rotatable bonds is 2. The molecule has 1 aromatic heterocycles. The summed E-state index contributed by atoms with van der Waals surface area (Å²) in [5, 5.41) is 4.07. The van der Waals surface area contributed by atoms with Gasteiger partial charge in [0.15, 0.2) is 0 Å². The van der Waals surface area contributed by atoms with Gasteiger partial charge in [0.1, 0.15) is 0 Å². The van der Waals surface area contributed by atoms with E-state index in [-0.39, 0.29) is 5.91 Å². The fourth-order valence-electron chi connectivity index (χ4n) is 2.39. The minimum Gasteiger partial charge on any atom is -0.338 e. The fourth-order valence-corrected chi connectivity index (χ4v) is 3.06. The van der Waals surface area contributed by atoms with E-state index in [0.717, 1.165) is 25.1 Å². The zero-order valence-corrected chi connectivity index (χ0v) is 11.0. The van der Waals surface area contributed by atoms with Gasteiger partial charge in [-0.05, 0) is 39.9 Å². The van der Waals surface area contributed by atoms with E-state index < -0.39 is 0 Å². The highest BCUT2D eigenvalue weighted by Crippen LogP contribution is 2.19. The van der Waals surface area contributed by atoms with Gasteiger partial charge in [0, 0.05) is 13.1 Å². The maximum atomic E-state index is 12.2. The topological polar surface area (TPSA) is 20.3 Å². The van der Waals surface area contributed by atoms with Crippen LogP contribution in [0, 0.1) is 0 Å². The second-order valence-electron chi connectivity index (χ2n) is 4.64. The Bertz CT molecular complexity index is 547. The quantitative estimate of drug-likeness (QED) is 0.810. The first kappa shape index (κ1) is 11.5. The van der Waals surface area contributed by atoms with Crippen LogP contribution in [0.4, 0.5) is 0 Å². The molecule has 1 amide bonds. The highest BCUT2D eigenvalue weighted by molar-refractivity contribution is 7.07. The Balaban J connectivity index is 1.70. The molecule has 1 aliphatic rings. The molecule has 1 aromatic carbocycles. The summed E-state index contributed by atoms with van der Waals surface area (Å²) in [5.41, 5.74) is 3.81. The number of amides is 1. The maximum absolute atomic E-state index is 12.2. The van der Waals surface area contributed by atoms with Crippen molar-refractivity contribution in [2.75, 3.05) is 6.54 Å². The van der Waals surface area contributed by atoms with Crippen LogP contribution in [0.3, 0.4) is 0 Å². The van der Waals surface area contributed by atoms with E-state index in [1.54, 1.807) is 11.3 Å². The monoisotopic (exact) mass is 257 g/mol. The molecule has 0 spiro atoms. The molecule has 18 heavy (non-hydrogen) atoms. The lowest BCUT2D eigenvalue weighted by Crippen LogP contribution is -2.36. The Morgan fingerprint density at radius 2 is 2.06 bits per heavy atom. The van der Waals surface area contributed by atoms with Gasteiger partial charge in [-0.3, -0.25) is 4.79 Å². The van der Waals surface area contributed by atoms with Gasteiger partial charge in [0.2, 0.25) is 5.91 Å². The lowest BCUT2D eigenvalue weighted by Gasteiger charge is -2.28. The number of nitrogens with zero attached hydrogens (tertiary/aromatic N) is 1. The second kappa shape index (κ2) is 4.94. The average Bonchev–Trinajstić information content (AvgIpc) is 2.91. The number of fused-ring (bicyclic) bond motifs is 1. The van der Waals surface area contributed by atoms with Crippen molar-refractivity contribution in [3.05, 3.63) is 57.8 Å². The van der Waals surface area contributed by atoms with Crippen LogP contribution in [0.5, 0.6) is 0 Å². The highest BCUT2D eigenvalue weighted by Gasteiger charge is 2.20. The summed E-state index contributed by atoms with van der Waals surface area (Å²) in [6.45, 7) is 1.61. The summed E-state index contributed by atoms with van der Waals surface area (Å²) in [7, 11) is 0. The number of hydrogen-bond donors (Lipinski definition) is 0. The Morgan fingerprint density at radius 3 is 2.83 bits per heavy atom. The van der Waals surface area contributed by atoms with Gasteiger partial charge in [0.25, 0.3) is 0 Å². The molecule has 92 valence electrons. The smallest absolute Gasteiger partial charge is 0.227 e. The van der Waals surface area contributed by atoms with Crippen LogP contribution in [-0.2, 0) is 24.2 Å². The zero-order chi connectivity index (χ0) is 12.4. The Hall–Kier alpha value is -1.61. The normalized spacial score (nSPS) is 14.3. The summed E-state index contributed by atoms with van der Waals surface area (Å²) in [4.78, 5) is 14.2. The van der Waals surface area contributed by atoms with E-state index >= 15 is 0 Å². The van der Waals surface area contributed by atoms with Crippen LogP contribution in [0.2, 0.25) is 0 Å². The van der Waals surface area contributed by atoms with E-state index in [0.29, 0.717) is 6.42 Å². The molecule has 2 aromatic rings. The molecule has 0 saturated carbocycles. The minimum atomic E-state index is 0.239. The van der Waals surface area contributed by atoms with Crippen molar-refractivity contribution in [1.29, 1.82) is 0 Å². The van der Waals surface area contributed by atoms with Gasteiger partial charge in [-0.25, -0.2) is 0 Å². The van der Waals surface area contributed by atoms with E-state index in [9.17, 15) is 4.79 Å². The first-order valence-electron chi connectivity index (χ1n) is 6.18. The molecule has 2 nitrogen and oxygen atoms in total. The molecule has 0 aliphatic carbocycles. The average molecular weight is 257 g/mol. The third kappa shape index (κ3) is 2.31. The summed E-state index contributed by atoms with van der Waals surface area (Å²) >= 11 is 1.65. The predicted octanol–water partition coefficient (Wildman–Crippen LogP) is 2.88. The van der Waals surface area contributed by atoms with Crippen LogP contribution >= 0.6 is 11.3 Å². The fraction of sp³-hybridized carbons (Fsp3) is 0.267. The molecule has 0 unspecified atom stereocenters. The number of hydrogen-bond acceptors (Lipinski definition) is 2. The van der Waals surface area contributed by atoms with Crippen molar-refractivity contribution < 1.29 is 4.79 Å². The first-order chi connectivity index (χ1) is 8.83. The van der Waals surface area contributed by atoms with E-state index in [2.05, 4.69) is 23.6 Å². The van der Waals surface area contributed by atoms with Gasteiger partial charge < -0.3 is 4.90 Å². The van der Waals surface area contributed by atoms with Crippen LogP contribution in [-0.4, -0.2) is 17.4 Å². The van der Waals surface area contributed by atoms with Gasteiger partial charge in [0.05, 0.1) is 6.42 Å². The number of carbonyl (C=O) groups is 1. The molecule has 0 N–H and O–H groups in total. The highest BCUT2D eigenvalue weighted by atomic mass is 32.1. The number of benzene rings is 1. The minimum absolute atomic E-state index is 0.239. The standard InChI is InChI=1S/C15H15NOS/c17-15(9-12-6-8-18-11-12)16-7-5-13-3-1-2-4-14(13)10-16/h1-4,6,8,11H,5,7,9-10H2. The molecule has 0 saturated heterocycles. The lowest BCUT2D eigenvalue weighted by atomic mass is 9.99. The summed E-state index contributed by atoms with van der Waals surface area (Å²) < 4.78 is 0. The molecule has 0 atom stereocenters. The predicted molar refractivity (Wildman–Crippen MR) is 73.6 cm³/mol. The maximum Gasteiger partial charge on any atom is 0.227 e. The Kier molecular flexibility index (Phi) is 3.15. The van der Waals surface area contributed by atoms with Crippen LogP contribution in [0.25, 0.3) is 0 Å². The number of carbonyl (C=O) groups excluding carboxylic acids is 1. The molecule has 0 fully saturated rings. The number of thiophene rings is 1. The van der Waals surface area contributed by atoms with Gasteiger partial charge in [-0.1, -0.05) is 24.3 Å². The van der Waals surface area contributed by atoms with E-state index in [4.69, 9.17) is 0 Å². The largest absolute Gasteiger partial charge is 0.338 e. The van der Waals surface area contributed by atoms with Crippen LogP contribution in [0.1, 0.15) is 16.7 Å². The molecular formula is C15H15NOS. The van der Waals surface area contributed by atoms with Crippen molar-refractivity contribution in [3.63, 3.8) is 0 Å². The molecule has 2 heterocycles. The van der Waals surface area contributed by atoms with Crippen molar-refractivity contribution in [2.24, 2.45) is 0 Å². The lowest BCUT2D eigenvalue weighted by molar-refractivity contribution is -0.131. The second-order valence-corrected chi connectivity index (χ2v) is 5.42. The third-order valence-electron chi connectivity index (χ3n) is 3.42. The summed E-state index contributed by atoms with van der Waals surface area (Å²) in [6, 6.07) is 10.4. The van der Waals surface area contributed by atoms with Crippen LogP contribution in [0.15, 0.2) is 41.1 Å². The molecule has 3 heteroatoms. The summed E-state index contributed by atoms with van der Waals surface area (Å²) in [5.74, 6) is 0.239. The first-order valence-corrected chi connectivity index (χ1v) is 7.13. The molecular weight excluding hydrogens is 242 g/mol. The molecule has 0 bridgehead atoms. The summed E-state index contributed by atoms with van der Waals surface area (Å²) in [6.07, 6.45) is 1.51. The Labute approximate surface area is 111 Å². The molecule has 3 rings (SSSR count). The Morgan fingerprint density at radius 1 is 1.22 bits per heavy atom. The zero-order valence-electron chi connectivity index (χ0n) is 10.1. The SMILES string of the molecule is O=C(Cc1ccsc1)N1CCc2ccccc2C1. The van der Waals surface area contributed by atoms with E-state index in [1.807, 2.05) is 22.4 Å². The molecule has 0 radical (unpaired) electrons. The van der Waals surface area contributed by atoms with Crippen molar-refractivity contribution in [3.8, 4) is 0 Å². The molecule has 1 aliphatic heterocycles.